The van der Waals surface area contributed by atoms with Gasteiger partial charge in [-0.25, -0.2) is 0 Å². The predicted octanol–water partition coefficient (Wildman–Crippen LogP) is 3.40. The molecule has 0 unspecified atom stereocenters. The average Bonchev–Trinajstić information content (AvgIpc) is 2.29. The minimum absolute atomic E-state index is 0. The Morgan fingerprint density at radius 3 is 2.22 bits per heavy atom. The van der Waals surface area contributed by atoms with Gasteiger partial charge in [-0.15, -0.1) is 24.8 Å². The topological polar surface area (TPSA) is 64.4 Å². The Labute approximate surface area is 122 Å². The van der Waals surface area contributed by atoms with Crippen molar-refractivity contribution in [2.45, 2.75) is 32.6 Å². The van der Waals surface area contributed by atoms with E-state index in [1.165, 1.54) is 19.3 Å². The lowest BCUT2D eigenvalue weighted by molar-refractivity contribution is 0.675. The molecule has 18 heavy (non-hydrogen) atoms. The van der Waals surface area contributed by atoms with Gasteiger partial charge in [-0.2, -0.15) is 0 Å². The molecule has 0 aromatic heterocycles. The smallest absolute Gasteiger partial charge is 0.125 e. The average molecular weight is 292 g/mol. The standard InChI is InChI=1S/C13H21N3.2ClH/c1-2-3-4-5-10-16-13(15)11-6-8-12(14)9-7-11;;/h6-9H,2-5,10,14H2,1H3,(H2,15,16);2*1H. The third-order valence-corrected chi connectivity index (χ3v) is 2.50. The van der Waals surface area contributed by atoms with Crippen LogP contribution >= 0.6 is 24.8 Å². The molecule has 104 valence electrons. The first-order chi connectivity index (χ1) is 7.74. The summed E-state index contributed by atoms with van der Waals surface area (Å²) in [5, 5.41) is 0. The van der Waals surface area contributed by atoms with Crippen molar-refractivity contribution in [2.24, 2.45) is 10.7 Å². The highest BCUT2D eigenvalue weighted by Crippen LogP contribution is 2.05. The van der Waals surface area contributed by atoms with Gasteiger partial charge in [-0.3, -0.25) is 4.99 Å². The van der Waals surface area contributed by atoms with Gasteiger partial charge in [-0.05, 0) is 30.7 Å². The number of anilines is 1. The molecule has 0 saturated carbocycles. The Bertz CT molecular complexity index is 337. The van der Waals surface area contributed by atoms with Crippen LogP contribution in [0.25, 0.3) is 0 Å². The van der Waals surface area contributed by atoms with Gasteiger partial charge in [0, 0.05) is 17.8 Å². The Kier molecular flexibility index (Phi) is 12.1. The van der Waals surface area contributed by atoms with Crippen molar-refractivity contribution in [2.75, 3.05) is 12.3 Å². The van der Waals surface area contributed by atoms with Crippen LogP contribution in [0.4, 0.5) is 5.69 Å². The summed E-state index contributed by atoms with van der Waals surface area (Å²) in [6.07, 6.45) is 4.87. The molecule has 0 amide bonds. The lowest BCUT2D eigenvalue weighted by Crippen LogP contribution is -2.13. The largest absolute Gasteiger partial charge is 0.399 e. The maximum absolute atomic E-state index is 5.87. The van der Waals surface area contributed by atoms with E-state index in [0.717, 1.165) is 24.2 Å². The van der Waals surface area contributed by atoms with E-state index in [1.54, 1.807) is 0 Å². The summed E-state index contributed by atoms with van der Waals surface area (Å²) in [6, 6.07) is 7.49. The minimum atomic E-state index is 0. The van der Waals surface area contributed by atoms with E-state index in [0.29, 0.717) is 5.84 Å². The molecular weight excluding hydrogens is 269 g/mol. The SMILES string of the molecule is CCCCCCN=C(N)c1ccc(N)cc1.Cl.Cl. The van der Waals surface area contributed by atoms with E-state index in [1.807, 2.05) is 24.3 Å². The van der Waals surface area contributed by atoms with Crippen LogP contribution in [0.15, 0.2) is 29.3 Å². The molecule has 0 atom stereocenters. The van der Waals surface area contributed by atoms with Crippen molar-refractivity contribution >= 4 is 36.3 Å². The Hall–Kier alpha value is -0.930. The number of rotatable bonds is 6. The van der Waals surface area contributed by atoms with E-state index in [2.05, 4.69) is 11.9 Å². The van der Waals surface area contributed by atoms with Crippen molar-refractivity contribution in [1.29, 1.82) is 0 Å². The quantitative estimate of drug-likeness (QED) is 0.365. The van der Waals surface area contributed by atoms with Crippen molar-refractivity contribution in [1.82, 2.24) is 0 Å². The van der Waals surface area contributed by atoms with Crippen LogP contribution in [0, 0.1) is 0 Å². The van der Waals surface area contributed by atoms with Crippen LogP contribution < -0.4 is 11.5 Å². The molecule has 4 N–H and O–H groups in total. The summed E-state index contributed by atoms with van der Waals surface area (Å²) in [6.45, 7) is 3.02. The molecular formula is C13H23Cl2N3. The number of hydrogen-bond acceptors (Lipinski definition) is 2. The van der Waals surface area contributed by atoms with Crippen molar-refractivity contribution in [3.63, 3.8) is 0 Å². The number of hydrogen-bond donors (Lipinski definition) is 2. The van der Waals surface area contributed by atoms with Gasteiger partial charge >= 0.3 is 0 Å². The molecule has 0 fully saturated rings. The zero-order valence-electron chi connectivity index (χ0n) is 10.8. The fraction of sp³-hybridized carbons (Fsp3) is 0.462. The van der Waals surface area contributed by atoms with E-state index in [9.17, 15) is 0 Å². The molecule has 1 aromatic rings. The first-order valence-corrected chi connectivity index (χ1v) is 5.90. The van der Waals surface area contributed by atoms with Crippen LogP contribution in [0.3, 0.4) is 0 Å². The molecule has 0 spiro atoms. The van der Waals surface area contributed by atoms with Gasteiger partial charge in [-0.1, -0.05) is 26.2 Å². The van der Waals surface area contributed by atoms with Gasteiger partial charge in [0.15, 0.2) is 0 Å². The number of nitrogen functional groups attached to an aromatic ring is 1. The zero-order chi connectivity index (χ0) is 11.8. The van der Waals surface area contributed by atoms with Crippen LogP contribution in [0.5, 0.6) is 0 Å². The van der Waals surface area contributed by atoms with Crippen LogP contribution in [0.2, 0.25) is 0 Å². The zero-order valence-corrected chi connectivity index (χ0v) is 12.4. The molecule has 0 aliphatic rings. The molecule has 1 aromatic carbocycles. The lowest BCUT2D eigenvalue weighted by Gasteiger charge is -2.01. The van der Waals surface area contributed by atoms with E-state index < -0.39 is 0 Å². The van der Waals surface area contributed by atoms with Gasteiger partial charge < -0.3 is 11.5 Å². The molecule has 0 heterocycles. The number of amidine groups is 1. The van der Waals surface area contributed by atoms with E-state index >= 15 is 0 Å². The summed E-state index contributed by atoms with van der Waals surface area (Å²) in [4.78, 5) is 4.35. The monoisotopic (exact) mass is 291 g/mol. The molecule has 3 nitrogen and oxygen atoms in total. The summed E-state index contributed by atoms with van der Waals surface area (Å²) in [5.41, 5.74) is 13.2. The summed E-state index contributed by atoms with van der Waals surface area (Å²) < 4.78 is 0. The van der Waals surface area contributed by atoms with Gasteiger partial charge in [0.2, 0.25) is 0 Å². The second-order valence-corrected chi connectivity index (χ2v) is 3.95. The predicted molar refractivity (Wildman–Crippen MR) is 85.1 cm³/mol. The third kappa shape index (κ3) is 7.41. The maximum atomic E-state index is 5.87. The normalized spacial score (nSPS) is 10.4. The van der Waals surface area contributed by atoms with Crippen LogP contribution in [0.1, 0.15) is 38.2 Å². The molecule has 0 saturated heterocycles. The summed E-state index contributed by atoms with van der Waals surface area (Å²) >= 11 is 0. The van der Waals surface area contributed by atoms with Crippen molar-refractivity contribution in [3.05, 3.63) is 29.8 Å². The van der Waals surface area contributed by atoms with Gasteiger partial charge in [0.1, 0.15) is 5.84 Å². The minimum Gasteiger partial charge on any atom is -0.399 e. The molecule has 1 rings (SSSR count). The van der Waals surface area contributed by atoms with Gasteiger partial charge in [0.25, 0.3) is 0 Å². The molecule has 5 heteroatoms. The lowest BCUT2D eigenvalue weighted by atomic mass is 10.2. The highest BCUT2D eigenvalue weighted by atomic mass is 35.5. The van der Waals surface area contributed by atoms with Crippen molar-refractivity contribution < 1.29 is 0 Å². The van der Waals surface area contributed by atoms with Crippen LogP contribution in [-0.2, 0) is 0 Å². The van der Waals surface area contributed by atoms with Gasteiger partial charge in [0.05, 0.1) is 0 Å². The number of benzene rings is 1. The maximum Gasteiger partial charge on any atom is 0.125 e. The highest BCUT2D eigenvalue weighted by molar-refractivity contribution is 5.97. The molecule has 0 radical (unpaired) electrons. The number of halogens is 2. The van der Waals surface area contributed by atoms with E-state index in [4.69, 9.17) is 11.5 Å². The number of nitrogens with two attached hydrogens (primary N) is 2. The molecule has 0 aliphatic carbocycles. The Morgan fingerprint density at radius 1 is 1.06 bits per heavy atom. The first kappa shape index (κ1) is 19.4. The fourth-order valence-corrected chi connectivity index (χ4v) is 1.48. The number of aliphatic imine (C=N–C) groups is 1. The van der Waals surface area contributed by atoms with Crippen molar-refractivity contribution in [3.8, 4) is 0 Å². The third-order valence-electron chi connectivity index (χ3n) is 2.50. The summed E-state index contributed by atoms with van der Waals surface area (Å²) in [5.74, 6) is 0.608. The Morgan fingerprint density at radius 2 is 1.67 bits per heavy atom. The highest BCUT2D eigenvalue weighted by Gasteiger charge is 1.96. The second-order valence-electron chi connectivity index (χ2n) is 3.95. The van der Waals surface area contributed by atoms with Crippen LogP contribution in [-0.4, -0.2) is 12.4 Å². The number of unbranched alkanes of at least 4 members (excludes halogenated alkanes) is 3. The Balaban J connectivity index is 0. The number of nitrogens with zero attached hydrogens (tertiary/aromatic N) is 1. The first-order valence-electron chi connectivity index (χ1n) is 5.90. The van der Waals surface area contributed by atoms with E-state index in [-0.39, 0.29) is 24.8 Å². The second kappa shape index (κ2) is 11.2. The summed E-state index contributed by atoms with van der Waals surface area (Å²) in [7, 11) is 0. The molecule has 0 aliphatic heterocycles. The molecule has 0 bridgehead atoms. The fourth-order valence-electron chi connectivity index (χ4n) is 1.48.